The summed E-state index contributed by atoms with van der Waals surface area (Å²) in [5, 5.41) is 3.61. The highest BCUT2D eigenvalue weighted by atomic mass is 79.9. The molecule has 0 heterocycles. The minimum absolute atomic E-state index is 0.299. The SMILES string of the molecule is CC(C)c1ccccc1NC(C)c1ccc(Br)cc1. The van der Waals surface area contributed by atoms with Crippen molar-refractivity contribution in [2.75, 3.05) is 5.32 Å². The van der Waals surface area contributed by atoms with Crippen molar-refractivity contribution in [3.05, 3.63) is 64.1 Å². The Labute approximate surface area is 124 Å². The molecule has 2 rings (SSSR count). The molecule has 100 valence electrons. The van der Waals surface area contributed by atoms with E-state index in [4.69, 9.17) is 0 Å². The molecule has 19 heavy (non-hydrogen) atoms. The molecule has 0 aromatic heterocycles. The van der Waals surface area contributed by atoms with Crippen LogP contribution in [-0.4, -0.2) is 0 Å². The molecule has 0 aliphatic rings. The molecule has 0 saturated heterocycles. The number of halogens is 1. The van der Waals surface area contributed by atoms with Crippen LogP contribution >= 0.6 is 15.9 Å². The minimum atomic E-state index is 0.299. The number of para-hydroxylation sites is 1. The monoisotopic (exact) mass is 317 g/mol. The number of nitrogens with one attached hydrogen (secondary N) is 1. The van der Waals surface area contributed by atoms with E-state index in [1.54, 1.807) is 0 Å². The topological polar surface area (TPSA) is 12.0 Å². The highest BCUT2D eigenvalue weighted by Gasteiger charge is 2.09. The van der Waals surface area contributed by atoms with Crippen LogP contribution in [0.1, 0.15) is 43.9 Å². The summed E-state index contributed by atoms with van der Waals surface area (Å²) in [6.45, 7) is 6.65. The van der Waals surface area contributed by atoms with Gasteiger partial charge < -0.3 is 5.32 Å². The predicted molar refractivity (Wildman–Crippen MR) is 86.7 cm³/mol. The highest BCUT2D eigenvalue weighted by molar-refractivity contribution is 9.10. The summed E-state index contributed by atoms with van der Waals surface area (Å²) >= 11 is 3.47. The summed E-state index contributed by atoms with van der Waals surface area (Å²) in [6, 6.07) is 17.3. The maximum atomic E-state index is 3.61. The van der Waals surface area contributed by atoms with Crippen molar-refractivity contribution in [2.45, 2.75) is 32.7 Å². The molecule has 1 nitrogen and oxygen atoms in total. The maximum Gasteiger partial charge on any atom is 0.0485 e. The lowest BCUT2D eigenvalue weighted by Crippen LogP contribution is -2.08. The molecule has 0 aliphatic carbocycles. The van der Waals surface area contributed by atoms with E-state index in [1.807, 2.05) is 0 Å². The van der Waals surface area contributed by atoms with Gasteiger partial charge in [-0.1, -0.05) is 60.1 Å². The second-order valence-corrected chi connectivity index (χ2v) is 6.08. The standard InChI is InChI=1S/C17H20BrN/c1-12(2)16-6-4-5-7-17(16)19-13(3)14-8-10-15(18)11-9-14/h4-13,19H,1-3H3. The molecule has 1 atom stereocenters. The van der Waals surface area contributed by atoms with Gasteiger partial charge in [-0.2, -0.15) is 0 Å². The number of benzene rings is 2. The summed E-state index contributed by atoms with van der Waals surface area (Å²) < 4.78 is 1.12. The number of hydrogen-bond donors (Lipinski definition) is 1. The van der Waals surface area contributed by atoms with E-state index < -0.39 is 0 Å². The first-order chi connectivity index (χ1) is 9.08. The Hall–Kier alpha value is -1.28. The first-order valence-corrected chi connectivity index (χ1v) is 7.48. The molecular formula is C17H20BrN. The second kappa shape index (κ2) is 6.25. The maximum absolute atomic E-state index is 3.61. The largest absolute Gasteiger partial charge is 0.378 e. The van der Waals surface area contributed by atoms with Crippen LogP contribution in [0.15, 0.2) is 53.0 Å². The molecule has 2 aromatic rings. The van der Waals surface area contributed by atoms with Gasteiger partial charge in [0.15, 0.2) is 0 Å². The molecule has 0 spiro atoms. The summed E-state index contributed by atoms with van der Waals surface area (Å²) in [6.07, 6.45) is 0. The van der Waals surface area contributed by atoms with Crippen molar-refractivity contribution >= 4 is 21.6 Å². The van der Waals surface area contributed by atoms with E-state index >= 15 is 0 Å². The Kier molecular flexibility index (Phi) is 4.65. The van der Waals surface area contributed by atoms with Crippen LogP contribution in [0, 0.1) is 0 Å². The zero-order chi connectivity index (χ0) is 13.8. The lowest BCUT2D eigenvalue weighted by atomic mass is 10.00. The van der Waals surface area contributed by atoms with E-state index in [0.29, 0.717) is 12.0 Å². The van der Waals surface area contributed by atoms with Crippen LogP contribution in [0.2, 0.25) is 0 Å². The minimum Gasteiger partial charge on any atom is -0.378 e. The van der Waals surface area contributed by atoms with Gasteiger partial charge in [0.1, 0.15) is 0 Å². The number of rotatable bonds is 4. The summed E-state index contributed by atoms with van der Waals surface area (Å²) in [7, 11) is 0. The van der Waals surface area contributed by atoms with E-state index in [0.717, 1.165) is 4.47 Å². The molecule has 0 fully saturated rings. The highest BCUT2D eigenvalue weighted by Crippen LogP contribution is 2.27. The van der Waals surface area contributed by atoms with Gasteiger partial charge in [0.2, 0.25) is 0 Å². The number of hydrogen-bond acceptors (Lipinski definition) is 1. The van der Waals surface area contributed by atoms with Gasteiger partial charge >= 0.3 is 0 Å². The number of anilines is 1. The Morgan fingerprint density at radius 2 is 1.53 bits per heavy atom. The van der Waals surface area contributed by atoms with Crippen LogP contribution < -0.4 is 5.32 Å². The van der Waals surface area contributed by atoms with Crippen LogP contribution in [-0.2, 0) is 0 Å². The third kappa shape index (κ3) is 3.60. The van der Waals surface area contributed by atoms with Crippen LogP contribution in [0.3, 0.4) is 0 Å². The first kappa shape index (κ1) is 14.1. The average Bonchev–Trinajstić information content (AvgIpc) is 2.39. The van der Waals surface area contributed by atoms with Gasteiger partial charge in [-0.3, -0.25) is 0 Å². The lowest BCUT2D eigenvalue weighted by Gasteiger charge is -2.20. The normalized spacial score (nSPS) is 12.5. The Balaban J connectivity index is 2.19. The molecule has 0 bridgehead atoms. The van der Waals surface area contributed by atoms with Crippen LogP contribution in [0.5, 0.6) is 0 Å². The summed E-state index contributed by atoms with van der Waals surface area (Å²) in [5.74, 6) is 0.529. The third-order valence-corrected chi connectivity index (χ3v) is 3.85. The van der Waals surface area contributed by atoms with Crippen LogP contribution in [0.25, 0.3) is 0 Å². The van der Waals surface area contributed by atoms with Crippen molar-refractivity contribution < 1.29 is 0 Å². The molecule has 1 N–H and O–H groups in total. The smallest absolute Gasteiger partial charge is 0.0485 e. The van der Waals surface area contributed by atoms with Gasteiger partial charge in [-0.15, -0.1) is 0 Å². The second-order valence-electron chi connectivity index (χ2n) is 5.16. The fourth-order valence-electron chi connectivity index (χ4n) is 2.20. The Morgan fingerprint density at radius 3 is 2.16 bits per heavy atom. The molecule has 1 unspecified atom stereocenters. The van der Waals surface area contributed by atoms with Gasteiger partial charge in [0, 0.05) is 16.2 Å². The van der Waals surface area contributed by atoms with Gasteiger partial charge in [-0.25, -0.2) is 0 Å². The first-order valence-electron chi connectivity index (χ1n) is 6.69. The van der Waals surface area contributed by atoms with E-state index in [1.165, 1.54) is 16.8 Å². The van der Waals surface area contributed by atoms with E-state index in [-0.39, 0.29) is 0 Å². The molecule has 0 amide bonds. The Morgan fingerprint density at radius 1 is 0.895 bits per heavy atom. The van der Waals surface area contributed by atoms with Crippen LogP contribution in [0.4, 0.5) is 5.69 Å². The summed E-state index contributed by atoms with van der Waals surface area (Å²) in [4.78, 5) is 0. The van der Waals surface area contributed by atoms with Crippen molar-refractivity contribution in [2.24, 2.45) is 0 Å². The van der Waals surface area contributed by atoms with Gasteiger partial charge in [-0.05, 0) is 42.2 Å². The van der Waals surface area contributed by atoms with Crippen molar-refractivity contribution in [1.82, 2.24) is 0 Å². The molecule has 2 heteroatoms. The van der Waals surface area contributed by atoms with E-state index in [9.17, 15) is 0 Å². The van der Waals surface area contributed by atoms with Gasteiger partial charge in [0.05, 0.1) is 0 Å². The van der Waals surface area contributed by atoms with Crippen molar-refractivity contribution in [1.29, 1.82) is 0 Å². The van der Waals surface area contributed by atoms with E-state index in [2.05, 4.69) is 90.5 Å². The fourth-order valence-corrected chi connectivity index (χ4v) is 2.46. The molecule has 0 aliphatic heterocycles. The quantitative estimate of drug-likeness (QED) is 0.757. The fraction of sp³-hybridized carbons (Fsp3) is 0.294. The lowest BCUT2D eigenvalue weighted by molar-refractivity contribution is 0.841. The molecular weight excluding hydrogens is 298 g/mol. The van der Waals surface area contributed by atoms with Crippen molar-refractivity contribution in [3.8, 4) is 0 Å². The molecule has 0 radical (unpaired) electrons. The zero-order valence-electron chi connectivity index (χ0n) is 11.7. The van der Waals surface area contributed by atoms with Gasteiger partial charge in [0.25, 0.3) is 0 Å². The van der Waals surface area contributed by atoms with Crippen molar-refractivity contribution in [3.63, 3.8) is 0 Å². The summed E-state index contributed by atoms with van der Waals surface area (Å²) in [5.41, 5.74) is 3.89. The zero-order valence-corrected chi connectivity index (χ0v) is 13.2. The Bertz CT molecular complexity index is 531. The molecule has 2 aromatic carbocycles. The molecule has 0 saturated carbocycles. The average molecular weight is 318 g/mol. The predicted octanol–water partition coefficient (Wildman–Crippen LogP) is 5.75. The third-order valence-electron chi connectivity index (χ3n) is 3.32.